The number of aliphatic hydroxyl groups is 1. The van der Waals surface area contributed by atoms with Gasteiger partial charge in [-0.2, -0.15) is 5.06 Å². The van der Waals surface area contributed by atoms with Crippen molar-refractivity contribution in [2.75, 3.05) is 14.2 Å². The van der Waals surface area contributed by atoms with Crippen molar-refractivity contribution in [3.63, 3.8) is 0 Å². The van der Waals surface area contributed by atoms with E-state index in [1.54, 1.807) is 14.2 Å². The first-order valence-corrected chi connectivity index (χ1v) is 5.85. The minimum Gasteiger partial charge on any atom is -0.365 e. The SMILES string of the molecule is CCC1(C)CC(O)(OC)CC(C)(C)N1OC.[Y]. The van der Waals surface area contributed by atoms with E-state index >= 15 is 0 Å². The van der Waals surface area contributed by atoms with Gasteiger partial charge in [-0.15, -0.1) is 0 Å². The summed E-state index contributed by atoms with van der Waals surface area (Å²) in [5.41, 5.74) is -0.455. The van der Waals surface area contributed by atoms with Crippen LogP contribution in [0.3, 0.4) is 0 Å². The largest absolute Gasteiger partial charge is 0.365 e. The van der Waals surface area contributed by atoms with E-state index < -0.39 is 5.79 Å². The van der Waals surface area contributed by atoms with Crippen molar-refractivity contribution in [2.24, 2.45) is 0 Å². The minimum atomic E-state index is -1.05. The van der Waals surface area contributed by atoms with Crippen LogP contribution in [-0.2, 0) is 42.3 Å². The molecular formula is C12H25NO3Y. The van der Waals surface area contributed by atoms with Gasteiger partial charge in [0.05, 0.1) is 7.11 Å². The predicted octanol–water partition coefficient (Wildman–Crippen LogP) is 1.92. The topological polar surface area (TPSA) is 41.9 Å². The summed E-state index contributed by atoms with van der Waals surface area (Å²) < 4.78 is 5.28. The molecule has 1 aliphatic rings. The Hall–Kier alpha value is 0.944. The average Bonchev–Trinajstić information content (AvgIpc) is 2.16. The molecule has 1 heterocycles. The first-order chi connectivity index (χ1) is 7.23. The van der Waals surface area contributed by atoms with Crippen molar-refractivity contribution in [3.05, 3.63) is 0 Å². The zero-order valence-corrected chi connectivity index (χ0v) is 14.7. The number of hydrogen-bond donors (Lipinski definition) is 1. The van der Waals surface area contributed by atoms with Crippen molar-refractivity contribution in [1.29, 1.82) is 0 Å². The molecule has 5 heteroatoms. The van der Waals surface area contributed by atoms with Crippen LogP contribution in [-0.4, -0.2) is 41.3 Å². The zero-order chi connectivity index (χ0) is 12.6. The first-order valence-electron chi connectivity index (χ1n) is 5.85. The molecule has 0 spiro atoms. The average molecular weight is 320 g/mol. The third-order valence-electron chi connectivity index (χ3n) is 3.73. The Morgan fingerprint density at radius 2 is 1.71 bits per heavy atom. The Morgan fingerprint density at radius 3 is 2.06 bits per heavy atom. The predicted molar refractivity (Wildman–Crippen MR) is 62.8 cm³/mol. The van der Waals surface area contributed by atoms with Crippen LogP contribution in [0.4, 0.5) is 0 Å². The second kappa shape index (κ2) is 5.93. The van der Waals surface area contributed by atoms with E-state index in [0.717, 1.165) is 6.42 Å². The van der Waals surface area contributed by atoms with Gasteiger partial charge in [-0.1, -0.05) is 6.92 Å². The standard InChI is InChI=1S/C12H25NO3.Y/c1-7-11(4)9-12(14,15-5)8-10(2,3)13(11)16-6;/h14H,7-9H2,1-6H3;. The van der Waals surface area contributed by atoms with Gasteiger partial charge in [0.25, 0.3) is 0 Å². The van der Waals surface area contributed by atoms with Gasteiger partial charge in [0, 0.05) is 63.7 Å². The summed E-state index contributed by atoms with van der Waals surface area (Å²) in [7, 11) is 3.25. The maximum atomic E-state index is 10.4. The third-order valence-corrected chi connectivity index (χ3v) is 3.73. The third kappa shape index (κ3) is 3.49. The molecule has 1 radical (unpaired) electrons. The van der Waals surface area contributed by atoms with Crippen molar-refractivity contribution in [3.8, 4) is 0 Å². The summed E-state index contributed by atoms with van der Waals surface area (Å²) in [6, 6.07) is 0. The number of hydroxylamine groups is 2. The van der Waals surface area contributed by atoms with Gasteiger partial charge in [-0.3, -0.25) is 0 Å². The van der Waals surface area contributed by atoms with Crippen LogP contribution in [0.2, 0.25) is 0 Å². The van der Waals surface area contributed by atoms with Gasteiger partial charge in [-0.25, -0.2) is 0 Å². The number of ether oxygens (including phenoxy) is 1. The van der Waals surface area contributed by atoms with E-state index in [1.807, 2.05) is 5.06 Å². The molecule has 99 valence electrons. The van der Waals surface area contributed by atoms with E-state index in [1.165, 1.54) is 0 Å². The van der Waals surface area contributed by atoms with Gasteiger partial charge in [0.2, 0.25) is 0 Å². The smallest absolute Gasteiger partial charge is 0.168 e. The molecule has 0 aromatic heterocycles. The van der Waals surface area contributed by atoms with E-state index in [0.29, 0.717) is 12.8 Å². The maximum Gasteiger partial charge on any atom is 0.168 e. The van der Waals surface area contributed by atoms with Crippen LogP contribution < -0.4 is 0 Å². The second-order valence-corrected chi connectivity index (χ2v) is 5.64. The maximum absolute atomic E-state index is 10.4. The molecular weight excluding hydrogens is 295 g/mol. The number of piperidine rings is 1. The summed E-state index contributed by atoms with van der Waals surface area (Å²) in [5.74, 6) is -1.05. The summed E-state index contributed by atoms with van der Waals surface area (Å²) >= 11 is 0. The van der Waals surface area contributed by atoms with Gasteiger partial charge in [0.1, 0.15) is 0 Å². The number of hydrogen-bond acceptors (Lipinski definition) is 4. The van der Waals surface area contributed by atoms with Crippen molar-refractivity contribution in [2.45, 2.75) is 63.8 Å². The van der Waals surface area contributed by atoms with Crippen LogP contribution >= 0.6 is 0 Å². The van der Waals surface area contributed by atoms with Crippen molar-refractivity contribution >= 4 is 0 Å². The quantitative estimate of drug-likeness (QED) is 0.807. The molecule has 1 fully saturated rings. The van der Waals surface area contributed by atoms with Crippen LogP contribution in [0.25, 0.3) is 0 Å². The normalized spacial score (nSPS) is 37.6. The Balaban J connectivity index is 0.00000256. The van der Waals surface area contributed by atoms with Crippen LogP contribution in [0, 0.1) is 0 Å². The molecule has 0 amide bonds. The van der Waals surface area contributed by atoms with Crippen LogP contribution in [0.1, 0.15) is 47.0 Å². The van der Waals surface area contributed by atoms with E-state index in [4.69, 9.17) is 9.57 Å². The molecule has 1 saturated heterocycles. The van der Waals surface area contributed by atoms with Crippen LogP contribution in [0.15, 0.2) is 0 Å². The molecule has 0 aliphatic carbocycles. The van der Waals surface area contributed by atoms with E-state index in [2.05, 4.69) is 27.7 Å². The Morgan fingerprint density at radius 1 is 1.18 bits per heavy atom. The molecule has 4 nitrogen and oxygen atoms in total. The monoisotopic (exact) mass is 320 g/mol. The van der Waals surface area contributed by atoms with E-state index in [-0.39, 0.29) is 43.8 Å². The summed E-state index contributed by atoms with van der Waals surface area (Å²) in [6.45, 7) is 8.33. The first kappa shape index (κ1) is 17.9. The van der Waals surface area contributed by atoms with Gasteiger partial charge in [-0.05, 0) is 27.2 Å². The fourth-order valence-corrected chi connectivity index (χ4v) is 3.09. The number of methoxy groups -OCH3 is 1. The zero-order valence-electron chi connectivity index (χ0n) is 11.9. The fourth-order valence-electron chi connectivity index (χ4n) is 3.09. The van der Waals surface area contributed by atoms with Gasteiger partial charge >= 0.3 is 0 Å². The van der Waals surface area contributed by atoms with Crippen molar-refractivity contribution in [1.82, 2.24) is 5.06 Å². The summed E-state index contributed by atoms with van der Waals surface area (Å²) in [5, 5.41) is 12.4. The summed E-state index contributed by atoms with van der Waals surface area (Å²) in [4.78, 5) is 5.52. The molecule has 2 atom stereocenters. The Bertz CT molecular complexity index is 262. The Kier molecular flexibility index (Phi) is 6.26. The molecule has 1 aliphatic heterocycles. The Labute approximate surface area is 130 Å². The molecule has 0 saturated carbocycles. The molecule has 0 bridgehead atoms. The van der Waals surface area contributed by atoms with Gasteiger partial charge < -0.3 is 14.7 Å². The second-order valence-electron chi connectivity index (χ2n) is 5.64. The molecule has 2 unspecified atom stereocenters. The molecule has 0 aromatic rings. The van der Waals surface area contributed by atoms with E-state index in [9.17, 15) is 5.11 Å². The molecule has 17 heavy (non-hydrogen) atoms. The van der Waals surface area contributed by atoms with Gasteiger partial charge in [0.15, 0.2) is 5.79 Å². The minimum absolute atomic E-state index is 0. The summed E-state index contributed by atoms with van der Waals surface area (Å²) in [6.07, 6.45) is 2.00. The molecule has 1 rings (SSSR count). The molecule has 1 N–H and O–H groups in total. The van der Waals surface area contributed by atoms with Crippen molar-refractivity contribution < 1.29 is 47.4 Å². The number of rotatable bonds is 3. The fraction of sp³-hybridized carbons (Fsp3) is 1.00. The molecule has 0 aromatic carbocycles. The number of nitrogens with zero attached hydrogens (tertiary/aromatic N) is 1. The van der Waals surface area contributed by atoms with Crippen LogP contribution in [0.5, 0.6) is 0 Å².